The van der Waals surface area contributed by atoms with Crippen LogP contribution in [0.2, 0.25) is 0 Å². The molecule has 3 unspecified atom stereocenters. The van der Waals surface area contributed by atoms with Gasteiger partial charge in [0.05, 0.1) is 13.2 Å². The van der Waals surface area contributed by atoms with Crippen molar-refractivity contribution in [1.82, 2.24) is 5.32 Å². The minimum Gasteiger partial charge on any atom is -0.504 e. The number of rotatable bonds is 13. The second kappa shape index (κ2) is 12.6. The van der Waals surface area contributed by atoms with Crippen LogP contribution in [0, 0.1) is 5.92 Å². The van der Waals surface area contributed by atoms with Crippen LogP contribution in [-0.4, -0.2) is 49.1 Å². The first kappa shape index (κ1) is 23.2. The highest BCUT2D eigenvalue weighted by Crippen LogP contribution is 2.27. The predicted molar refractivity (Wildman–Crippen MR) is 106 cm³/mol. The van der Waals surface area contributed by atoms with Crippen LogP contribution in [-0.2, 0) is 16.0 Å². The summed E-state index contributed by atoms with van der Waals surface area (Å²) in [5, 5.41) is 23.3. The second-order valence-electron chi connectivity index (χ2n) is 7.08. The van der Waals surface area contributed by atoms with Crippen molar-refractivity contribution in [2.45, 2.75) is 64.6 Å². The highest BCUT2D eigenvalue weighted by molar-refractivity contribution is 5.66. The Bertz CT molecular complexity index is 564. The lowest BCUT2D eigenvalue weighted by Gasteiger charge is -2.22. The monoisotopic (exact) mass is 381 g/mol. The molecule has 6 nitrogen and oxygen atoms in total. The van der Waals surface area contributed by atoms with Gasteiger partial charge in [-0.25, -0.2) is 0 Å². The predicted octanol–water partition coefficient (Wildman–Crippen LogP) is 3.04. The number of nitrogens with one attached hydrogen (secondary N) is 1. The fourth-order valence-electron chi connectivity index (χ4n) is 3.25. The summed E-state index contributed by atoms with van der Waals surface area (Å²) in [6.45, 7) is 4.49. The van der Waals surface area contributed by atoms with E-state index >= 15 is 0 Å². The van der Waals surface area contributed by atoms with Crippen LogP contribution in [0.4, 0.5) is 0 Å². The molecule has 0 bridgehead atoms. The normalized spacial score (nSPS) is 14.4. The Balaban J connectivity index is 2.58. The molecule has 3 atom stereocenters. The number of benzene rings is 1. The molecule has 0 aliphatic rings. The fraction of sp³-hybridized carbons (Fsp3) is 0.667. The summed E-state index contributed by atoms with van der Waals surface area (Å²) in [6.07, 6.45) is 3.60. The average Bonchev–Trinajstić information content (AvgIpc) is 2.63. The smallest absolute Gasteiger partial charge is 0.302 e. The van der Waals surface area contributed by atoms with Gasteiger partial charge in [0, 0.05) is 13.3 Å². The molecule has 1 rings (SSSR count). The molecular formula is C21H35NO5. The van der Waals surface area contributed by atoms with E-state index in [-0.39, 0.29) is 17.8 Å². The third kappa shape index (κ3) is 9.11. The molecule has 0 amide bonds. The van der Waals surface area contributed by atoms with Gasteiger partial charge in [0.2, 0.25) is 0 Å². The van der Waals surface area contributed by atoms with E-state index in [1.54, 1.807) is 12.1 Å². The maximum atomic E-state index is 11.4. The first-order valence-electron chi connectivity index (χ1n) is 9.75. The molecule has 0 saturated carbocycles. The molecule has 3 N–H and O–H groups in total. The van der Waals surface area contributed by atoms with Gasteiger partial charge < -0.3 is 25.0 Å². The van der Waals surface area contributed by atoms with Crippen molar-refractivity contribution in [3.8, 4) is 11.5 Å². The highest BCUT2D eigenvalue weighted by Gasteiger charge is 2.19. The maximum Gasteiger partial charge on any atom is 0.302 e. The largest absolute Gasteiger partial charge is 0.504 e. The Morgan fingerprint density at radius 1 is 1.26 bits per heavy atom. The molecule has 0 heterocycles. The number of carbonyl (C=O) groups is 1. The standard InChI is InChI=1S/C21H35NO5/c1-5-16(14-22-3)6-9-18(24)13-19(27-15(2)23)10-7-17-8-11-20(25)21(12-17)26-4/h8,11-12,16,18-19,22,24-25H,5-7,9-10,13-14H2,1-4H3. The minimum absolute atomic E-state index is 0.0975. The second-order valence-corrected chi connectivity index (χ2v) is 7.08. The maximum absolute atomic E-state index is 11.4. The molecule has 0 radical (unpaired) electrons. The first-order valence-corrected chi connectivity index (χ1v) is 9.75. The lowest BCUT2D eigenvalue weighted by molar-refractivity contribution is -0.148. The number of phenols is 1. The van der Waals surface area contributed by atoms with E-state index in [4.69, 9.17) is 9.47 Å². The van der Waals surface area contributed by atoms with Crippen LogP contribution in [0.1, 0.15) is 51.5 Å². The highest BCUT2D eigenvalue weighted by atomic mass is 16.5. The number of esters is 1. The van der Waals surface area contributed by atoms with E-state index in [9.17, 15) is 15.0 Å². The number of aliphatic hydroxyl groups is 1. The van der Waals surface area contributed by atoms with Crippen LogP contribution in [0.15, 0.2) is 18.2 Å². The molecule has 6 heteroatoms. The summed E-state index contributed by atoms with van der Waals surface area (Å²) in [6, 6.07) is 5.19. The van der Waals surface area contributed by atoms with Crippen molar-refractivity contribution < 1.29 is 24.5 Å². The summed E-state index contributed by atoms with van der Waals surface area (Å²) in [4.78, 5) is 11.4. The van der Waals surface area contributed by atoms with Gasteiger partial charge in [0.1, 0.15) is 6.10 Å². The van der Waals surface area contributed by atoms with E-state index < -0.39 is 6.10 Å². The Morgan fingerprint density at radius 2 is 2.00 bits per heavy atom. The molecule has 0 spiro atoms. The van der Waals surface area contributed by atoms with Crippen LogP contribution in [0.5, 0.6) is 11.5 Å². The van der Waals surface area contributed by atoms with Gasteiger partial charge in [-0.15, -0.1) is 0 Å². The zero-order valence-corrected chi connectivity index (χ0v) is 17.0. The van der Waals surface area contributed by atoms with Crippen LogP contribution < -0.4 is 10.1 Å². The molecule has 0 saturated heterocycles. The Labute approximate surface area is 162 Å². The van der Waals surface area contributed by atoms with E-state index in [1.807, 2.05) is 13.1 Å². The van der Waals surface area contributed by atoms with Crippen molar-refractivity contribution >= 4 is 5.97 Å². The number of aliphatic hydroxyl groups excluding tert-OH is 1. The lowest BCUT2D eigenvalue weighted by Crippen LogP contribution is -2.25. The first-order chi connectivity index (χ1) is 12.9. The number of carbonyl (C=O) groups excluding carboxylic acids is 1. The van der Waals surface area contributed by atoms with Gasteiger partial charge in [-0.2, -0.15) is 0 Å². The Kier molecular flexibility index (Phi) is 10.8. The summed E-state index contributed by atoms with van der Waals surface area (Å²) in [7, 11) is 3.45. The summed E-state index contributed by atoms with van der Waals surface area (Å²) < 4.78 is 10.5. The number of aromatic hydroxyl groups is 1. The molecular weight excluding hydrogens is 346 g/mol. The molecule has 0 fully saturated rings. The number of aryl methyl sites for hydroxylation is 1. The third-order valence-corrected chi connectivity index (χ3v) is 4.85. The van der Waals surface area contributed by atoms with Gasteiger partial charge in [-0.1, -0.05) is 19.4 Å². The van der Waals surface area contributed by atoms with Gasteiger partial charge in [-0.3, -0.25) is 4.79 Å². The fourth-order valence-corrected chi connectivity index (χ4v) is 3.25. The van der Waals surface area contributed by atoms with Crippen LogP contribution in [0.3, 0.4) is 0 Å². The SMILES string of the molecule is CCC(CCC(O)CC(CCc1ccc(O)c(OC)c1)OC(C)=O)CNC. The molecule has 0 aliphatic carbocycles. The van der Waals surface area contributed by atoms with Crippen LogP contribution in [0.25, 0.3) is 0 Å². The molecule has 0 aliphatic heterocycles. The van der Waals surface area contributed by atoms with Crippen molar-refractivity contribution in [2.24, 2.45) is 5.92 Å². The van der Waals surface area contributed by atoms with E-state index in [1.165, 1.54) is 14.0 Å². The van der Waals surface area contributed by atoms with Crippen molar-refractivity contribution in [3.05, 3.63) is 23.8 Å². The molecule has 1 aromatic rings. The number of methoxy groups -OCH3 is 1. The zero-order chi connectivity index (χ0) is 20.2. The van der Waals surface area contributed by atoms with Gasteiger partial charge in [-0.05, 0) is 62.9 Å². The quantitative estimate of drug-likeness (QED) is 0.455. The van der Waals surface area contributed by atoms with Gasteiger partial charge >= 0.3 is 5.97 Å². The van der Waals surface area contributed by atoms with Crippen LogP contribution >= 0.6 is 0 Å². The minimum atomic E-state index is -0.491. The zero-order valence-electron chi connectivity index (χ0n) is 17.0. The molecule has 0 aromatic heterocycles. The van der Waals surface area contributed by atoms with Gasteiger partial charge in [0.25, 0.3) is 0 Å². The lowest BCUT2D eigenvalue weighted by atomic mass is 9.95. The Morgan fingerprint density at radius 3 is 2.59 bits per heavy atom. The molecule has 154 valence electrons. The summed E-state index contributed by atoms with van der Waals surface area (Å²) in [5.41, 5.74) is 0.983. The van der Waals surface area contributed by atoms with Crippen molar-refractivity contribution in [2.75, 3.05) is 20.7 Å². The van der Waals surface area contributed by atoms with E-state index in [0.717, 1.165) is 24.9 Å². The van der Waals surface area contributed by atoms with E-state index in [0.29, 0.717) is 37.4 Å². The Hall–Kier alpha value is -1.79. The summed E-state index contributed by atoms with van der Waals surface area (Å²) >= 11 is 0. The number of ether oxygens (including phenoxy) is 2. The van der Waals surface area contributed by atoms with Crippen molar-refractivity contribution in [1.29, 1.82) is 0 Å². The number of hydrogen-bond acceptors (Lipinski definition) is 6. The number of hydrogen-bond donors (Lipinski definition) is 3. The summed E-state index contributed by atoms with van der Waals surface area (Å²) in [5.74, 6) is 0.727. The van der Waals surface area contributed by atoms with Crippen molar-refractivity contribution in [3.63, 3.8) is 0 Å². The average molecular weight is 382 g/mol. The molecule has 1 aromatic carbocycles. The van der Waals surface area contributed by atoms with E-state index in [2.05, 4.69) is 12.2 Å². The van der Waals surface area contributed by atoms with Gasteiger partial charge in [0.15, 0.2) is 11.5 Å². The molecule has 27 heavy (non-hydrogen) atoms. The topological polar surface area (TPSA) is 88.0 Å². The third-order valence-electron chi connectivity index (χ3n) is 4.85. The number of phenolic OH excluding ortho intramolecular Hbond substituents is 1.